The zero-order valence-electron chi connectivity index (χ0n) is 21.3. The molecule has 0 aromatic heterocycles. The quantitative estimate of drug-likeness (QED) is 0.278. The van der Waals surface area contributed by atoms with E-state index < -0.39 is 0 Å². The highest BCUT2D eigenvalue weighted by molar-refractivity contribution is 8.00. The van der Waals surface area contributed by atoms with Gasteiger partial charge in [-0.3, -0.25) is 0 Å². The van der Waals surface area contributed by atoms with Crippen LogP contribution < -0.4 is 0 Å². The standard InChI is InChI=1S/C26H50O4S/c1-25(2,3)17-11-15-23(29-21-13-7-9-19-27-21)31-24(16-12-18-26(4,5)6)30-22-14-8-10-20-28-22/h21-24H,7-20H2,1-6H3. The van der Waals surface area contributed by atoms with Crippen molar-refractivity contribution < 1.29 is 18.9 Å². The molecule has 2 rings (SSSR count). The van der Waals surface area contributed by atoms with Gasteiger partial charge in [0.2, 0.25) is 0 Å². The summed E-state index contributed by atoms with van der Waals surface area (Å²) in [6.07, 6.45) is 13.5. The van der Waals surface area contributed by atoms with Gasteiger partial charge in [0.15, 0.2) is 12.6 Å². The van der Waals surface area contributed by atoms with Gasteiger partial charge < -0.3 is 18.9 Å². The van der Waals surface area contributed by atoms with Gasteiger partial charge in [-0.25, -0.2) is 0 Å². The lowest BCUT2D eigenvalue weighted by molar-refractivity contribution is -0.177. The van der Waals surface area contributed by atoms with Crippen molar-refractivity contribution in [2.45, 2.75) is 142 Å². The van der Waals surface area contributed by atoms with Gasteiger partial charge in [0, 0.05) is 13.2 Å². The van der Waals surface area contributed by atoms with Crippen molar-refractivity contribution in [2.24, 2.45) is 10.8 Å². The van der Waals surface area contributed by atoms with Crippen LogP contribution in [0.2, 0.25) is 0 Å². The van der Waals surface area contributed by atoms with Gasteiger partial charge in [0.1, 0.15) is 10.9 Å². The van der Waals surface area contributed by atoms with Crippen molar-refractivity contribution >= 4 is 11.8 Å². The van der Waals surface area contributed by atoms with E-state index in [2.05, 4.69) is 41.5 Å². The molecule has 2 saturated heterocycles. The van der Waals surface area contributed by atoms with Crippen LogP contribution in [0.1, 0.15) is 119 Å². The lowest BCUT2D eigenvalue weighted by Gasteiger charge is -2.33. The normalized spacial score (nSPS) is 25.4. The maximum absolute atomic E-state index is 6.49. The Morgan fingerprint density at radius 2 is 1.13 bits per heavy atom. The molecule has 0 amide bonds. The third kappa shape index (κ3) is 13.5. The SMILES string of the molecule is CC(C)(C)CCCC(OC1CCCCO1)SC(CCCC(C)(C)C)OC1CCCCO1. The topological polar surface area (TPSA) is 36.9 Å². The summed E-state index contributed by atoms with van der Waals surface area (Å²) < 4.78 is 24.8. The predicted molar refractivity (Wildman–Crippen MR) is 131 cm³/mol. The minimum atomic E-state index is -0.0537. The van der Waals surface area contributed by atoms with E-state index in [-0.39, 0.29) is 23.5 Å². The van der Waals surface area contributed by atoms with Crippen molar-refractivity contribution in [3.63, 3.8) is 0 Å². The monoisotopic (exact) mass is 458 g/mol. The molecule has 4 nitrogen and oxygen atoms in total. The van der Waals surface area contributed by atoms with E-state index in [1.807, 2.05) is 11.8 Å². The van der Waals surface area contributed by atoms with E-state index in [1.54, 1.807) is 0 Å². The fourth-order valence-corrected chi connectivity index (χ4v) is 5.40. The zero-order valence-corrected chi connectivity index (χ0v) is 22.1. The van der Waals surface area contributed by atoms with Crippen LogP contribution in [0.15, 0.2) is 0 Å². The summed E-state index contributed by atoms with van der Waals surface area (Å²) in [6.45, 7) is 15.6. The van der Waals surface area contributed by atoms with Crippen LogP contribution in [0, 0.1) is 10.8 Å². The van der Waals surface area contributed by atoms with Crippen LogP contribution in [-0.4, -0.2) is 36.7 Å². The molecule has 4 unspecified atom stereocenters. The number of hydrogen-bond acceptors (Lipinski definition) is 5. The minimum absolute atomic E-state index is 0.0537. The van der Waals surface area contributed by atoms with Gasteiger partial charge in [-0.1, -0.05) is 53.3 Å². The highest BCUT2D eigenvalue weighted by Gasteiger charge is 2.27. The van der Waals surface area contributed by atoms with E-state index in [1.165, 1.54) is 38.5 Å². The average Bonchev–Trinajstić information content (AvgIpc) is 2.67. The molecule has 2 fully saturated rings. The fourth-order valence-electron chi connectivity index (χ4n) is 4.08. The first-order valence-corrected chi connectivity index (χ1v) is 13.7. The van der Waals surface area contributed by atoms with Crippen LogP contribution >= 0.6 is 11.8 Å². The van der Waals surface area contributed by atoms with Crippen molar-refractivity contribution in [1.29, 1.82) is 0 Å². The maximum atomic E-state index is 6.49. The maximum Gasteiger partial charge on any atom is 0.159 e. The summed E-state index contributed by atoms with van der Waals surface area (Å²) in [5, 5.41) is 0. The second kappa shape index (κ2) is 13.8. The Bertz CT molecular complexity index is 417. The second-order valence-electron chi connectivity index (χ2n) is 11.8. The molecule has 2 aliphatic heterocycles. The molecule has 0 spiro atoms. The number of hydrogen-bond donors (Lipinski definition) is 0. The Balaban J connectivity index is 1.95. The first kappa shape index (κ1) is 27.4. The Kier molecular flexibility index (Phi) is 12.2. The summed E-state index contributed by atoms with van der Waals surface area (Å²) in [6, 6.07) is 0. The van der Waals surface area contributed by atoms with Gasteiger partial charge in [0.05, 0.1) is 0 Å². The molecule has 5 heteroatoms. The van der Waals surface area contributed by atoms with Crippen LogP contribution in [0.5, 0.6) is 0 Å². The summed E-state index contributed by atoms with van der Waals surface area (Å²) in [4.78, 5) is 0. The van der Waals surface area contributed by atoms with Crippen molar-refractivity contribution in [2.75, 3.05) is 13.2 Å². The Morgan fingerprint density at radius 1 is 0.710 bits per heavy atom. The molecule has 184 valence electrons. The summed E-state index contributed by atoms with van der Waals surface area (Å²) in [7, 11) is 0. The lowest BCUT2D eigenvalue weighted by atomic mass is 9.90. The highest BCUT2D eigenvalue weighted by atomic mass is 32.2. The van der Waals surface area contributed by atoms with E-state index >= 15 is 0 Å². The molecule has 2 aliphatic rings. The molecule has 0 aromatic carbocycles. The van der Waals surface area contributed by atoms with E-state index in [0.717, 1.165) is 51.7 Å². The molecule has 0 aliphatic carbocycles. The van der Waals surface area contributed by atoms with Crippen molar-refractivity contribution in [1.82, 2.24) is 0 Å². The van der Waals surface area contributed by atoms with E-state index in [4.69, 9.17) is 18.9 Å². The molecule has 31 heavy (non-hydrogen) atoms. The van der Waals surface area contributed by atoms with Crippen molar-refractivity contribution in [3.8, 4) is 0 Å². The van der Waals surface area contributed by atoms with Gasteiger partial charge in [0.25, 0.3) is 0 Å². The second-order valence-corrected chi connectivity index (χ2v) is 13.1. The molecule has 2 heterocycles. The van der Waals surface area contributed by atoms with Crippen LogP contribution in [0.25, 0.3) is 0 Å². The third-order valence-electron chi connectivity index (χ3n) is 5.92. The fraction of sp³-hybridized carbons (Fsp3) is 1.00. The largest absolute Gasteiger partial charge is 0.353 e. The smallest absolute Gasteiger partial charge is 0.159 e. The summed E-state index contributed by atoms with van der Waals surface area (Å²) in [5.41, 5.74) is 0.951. The summed E-state index contributed by atoms with van der Waals surface area (Å²) in [5.74, 6) is 0. The number of ether oxygens (including phenoxy) is 4. The Labute approximate surface area is 196 Å². The van der Waals surface area contributed by atoms with Gasteiger partial charge in [-0.05, 0) is 87.9 Å². The number of rotatable bonds is 12. The number of thioether (sulfide) groups is 1. The highest BCUT2D eigenvalue weighted by Crippen LogP contribution is 2.35. The molecule has 0 radical (unpaired) electrons. The van der Waals surface area contributed by atoms with Crippen LogP contribution in [0.4, 0.5) is 0 Å². The summed E-state index contributed by atoms with van der Waals surface area (Å²) >= 11 is 1.87. The van der Waals surface area contributed by atoms with E-state index in [0.29, 0.717) is 10.8 Å². The van der Waals surface area contributed by atoms with Gasteiger partial charge >= 0.3 is 0 Å². The van der Waals surface area contributed by atoms with Crippen molar-refractivity contribution in [3.05, 3.63) is 0 Å². The molecule has 0 saturated carbocycles. The van der Waals surface area contributed by atoms with Crippen LogP contribution in [-0.2, 0) is 18.9 Å². The molecule has 0 aromatic rings. The predicted octanol–water partition coefficient (Wildman–Crippen LogP) is 7.89. The van der Waals surface area contributed by atoms with Gasteiger partial charge in [-0.15, -0.1) is 0 Å². The molecular weight excluding hydrogens is 408 g/mol. The molecule has 0 N–H and O–H groups in total. The Morgan fingerprint density at radius 3 is 1.45 bits per heavy atom. The molecule has 0 bridgehead atoms. The average molecular weight is 459 g/mol. The first-order valence-electron chi connectivity index (χ1n) is 12.8. The zero-order chi connectivity index (χ0) is 22.7. The first-order chi connectivity index (χ1) is 14.6. The lowest BCUT2D eigenvalue weighted by Crippen LogP contribution is -2.31. The Hall–Kier alpha value is 0.190. The van der Waals surface area contributed by atoms with Crippen LogP contribution in [0.3, 0.4) is 0 Å². The molecular formula is C26H50O4S. The van der Waals surface area contributed by atoms with Gasteiger partial charge in [-0.2, -0.15) is 0 Å². The van der Waals surface area contributed by atoms with E-state index in [9.17, 15) is 0 Å². The molecule has 4 atom stereocenters. The minimum Gasteiger partial charge on any atom is -0.353 e. The third-order valence-corrected chi connectivity index (χ3v) is 7.22.